The van der Waals surface area contributed by atoms with E-state index in [0.29, 0.717) is 18.2 Å². The van der Waals surface area contributed by atoms with E-state index in [1.807, 2.05) is 6.92 Å². The number of benzene rings is 1. The molecule has 0 saturated carbocycles. The number of nitrogens with two attached hydrogens (primary N) is 1. The minimum Gasteiger partial charge on any atom is -0.507 e. The van der Waals surface area contributed by atoms with Gasteiger partial charge in [-0.15, -0.1) is 0 Å². The molecule has 3 N–H and O–H groups in total. The molecule has 0 aromatic heterocycles. The molecule has 0 fully saturated rings. The molecule has 1 rings (SSSR count). The summed E-state index contributed by atoms with van der Waals surface area (Å²) in [5.41, 5.74) is 6.10. The molecule has 0 aliphatic rings. The van der Waals surface area contributed by atoms with Gasteiger partial charge >= 0.3 is 5.97 Å². The third-order valence-electron chi connectivity index (χ3n) is 2.52. The molecule has 94 valence electrons. The lowest BCUT2D eigenvalue weighted by Gasteiger charge is -2.11. The first-order chi connectivity index (χ1) is 8.04. The molecule has 0 heterocycles. The lowest BCUT2D eigenvalue weighted by atomic mass is 10.1. The van der Waals surface area contributed by atoms with Crippen molar-refractivity contribution >= 4 is 11.7 Å². The summed E-state index contributed by atoms with van der Waals surface area (Å²) in [5.74, 6) is -0.308. The van der Waals surface area contributed by atoms with Crippen molar-refractivity contribution in [3.05, 3.63) is 23.8 Å². The summed E-state index contributed by atoms with van der Waals surface area (Å²) in [7, 11) is 0. The van der Waals surface area contributed by atoms with Gasteiger partial charge < -0.3 is 15.6 Å². The van der Waals surface area contributed by atoms with Crippen LogP contribution in [0.2, 0.25) is 0 Å². The van der Waals surface area contributed by atoms with Crippen molar-refractivity contribution in [3.8, 4) is 5.75 Å². The second-order valence-electron chi connectivity index (χ2n) is 4.27. The highest BCUT2D eigenvalue weighted by Gasteiger charge is 2.14. The Labute approximate surface area is 101 Å². The third kappa shape index (κ3) is 3.98. The van der Waals surface area contributed by atoms with Crippen molar-refractivity contribution in [2.75, 3.05) is 12.3 Å². The van der Waals surface area contributed by atoms with E-state index in [2.05, 4.69) is 6.92 Å². The third-order valence-corrected chi connectivity index (χ3v) is 2.52. The van der Waals surface area contributed by atoms with Gasteiger partial charge in [0.25, 0.3) is 0 Å². The molecule has 0 bridgehead atoms. The summed E-state index contributed by atoms with van der Waals surface area (Å²) in [4.78, 5) is 11.7. The fourth-order valence-corrected chi connectivity index (χ4v) is 1.59. The zero-order chi connectivity index (χ0) is 12.8. The highest BCUT2D eigenvalue weighted by molar-refractivity contribution is 5.93. The smallest absolute Gasteiger partial charge is 0.341 e. The predicted octanol–water partition coefficient (Wildman–Crippen LogP) is 2.57. The first kappa shape index (κ1) is 13.4. The largest absolute Gasteiger partial charge is 0.507 e. The van der Waals surface area contributed by atoms with Gasteiger partial charge in [-0.25, -0.2) is 4.79 Å². The van der Waals surface area contributed by atoms with Crippen molar-refractivity contribution in [3.63, 3.8) is 0 Å². The van der Waals surface area contributed by atoms with Crippen LogP contribution in [0.4, 0.5) is 5.69 Å². The second-order valence-corrected chi connectivity index (χ2v) is 4.27. The van der Waals surface area contributed by atoms with E-state index in [1.54, 1.807) is 0 Å². The molecule has 1 unspecified atom stereocenters. The normalized spacial score (nSPS) is 12.1. The number of aromatic hydroxyl groups is 1. The quantitative estimate of drug-likeness (QED) is 0.469. The standard InChI is InChI=1S/C13H19NO3/c1-3-4-9(2)8-17-13(16)11-7-10(14)5-6-12(11)15/h5-7,9,15H,3-4,8,14H2,1-2H3. The lowest BCUT2D eigenvalue weighted by Crippen LogP contribution is -2.12. The van der Waals surface area contributed by atoms with Gasteiger partial charge in [0.15, 0.2) is 0 Å². The van der Waals surface area contributed by atoms with Crippen LogP contribution in [0, 0.1) is 5.92 Å². The van der Waals surface area contributed by atoms with Crippen LogP contribution >= 0.6 is 0 Å². The average Bonchev–Trinajstić information content (AvgIpc) is 2.29. The number of phenols is 1. The molecule has 1 aromatic rings. The van der Waals surface area contributed by atoms with Gasteiger partial charge in [0.1, 0.15) is 11.3 Å². The van der Waals surface area contributed by atoms with Crippen molar-refractivity contribution in [1.82, 2.24) is 0 Å². The SMILES string of the molecule is CCCC(C)COC(=O)c1cc(N)ccc1O. The summed E-state index contributed by atoms with van der Waals surface area (Å²) in [6.07, 6.45) is 2.07. The maximum absolute atomic E-state index is 11.7. The Hall–Kier alpha value is -1.71. The summed E-state index contributed by atoms with van der Waals surface area (Å²) >= 11 is 0. The fourth-order valence-electron chi connectivity index (χ4n) is 1.59. The monoisotopic (exact) mass is 237 g/mol. The van der Waals surface area contributed by atoms with E-state index >= 15 is 0 Å². The Morgan fingerprint density at radius 1 is 1.53 bits per heavy atom. The zero-order valence-corrected chi connectivity index (χ0v) is 10.3. The predicted molar refractivity (Wildman–Crippen MR) is 66.9 cm³/mol. The second kappa shape index (κ2) is 6.13. The van der Waals surface area contributed by atoms with Gasteiger partial charge in [-0.05, 0) is 30.5 Å². The number of carbonyl (C=O) groups excluding carboxylic acids is 1. The topological polar surface area (TPSA) is 72.5 Å². The van der Waals surface area contributed by atoms with Crippen molar-refractivity contribution in [2.24, 2.45) is 5.92 Å². The lowest BCUT2D eigenvalue weighted by molar-refractivity contribution is 0.0440. The van der Waals surface area contributed by atoms with E-state index in [4.69, 9.17) is 10.5 Å². The number of carbonyl (C=O) groups is 1. The molecular weight excluding hydrogens is 218 g/mol. The fraction of sp³-hybridized carbons (Fsp3) is 0.462. The van der Waals surface area contributed by atoms with E-state index in [1.165, 1.54) is 18.2 Å². The van der Waals surface area contributed by atoms with Crippen LogP contribution in [0.25, 0.3) is 0 Å². The van der Waals surface area contributed by atoms with Gasteiger partial charge in [0.2, 0.25) is 0 Å². The molecule has 17 heavy (non-hydrogen) atoms. The molecule has 1 atom stereocenters. The molecule has 1 aromatic carbocycles. The van der Waals surface area contributed by atoms with Gasteiger partial charge in [0, 0.05) is 5.69 Å². The Kier molecular flexibility index (Phi) is 4.82. The molecule has 0 aliphatic heterocycles. The maximum atomic E-state index is 11.7. The summed E-state index contributed by atoms with van der Waals surface area (Å²) < 4.78 is 5.12. The van der Waals surface area contributed by atoms with Gasteiger partial charge in [-0.3, -0.25) is 0 Å². The Morgan fingerprint density at radius 3 is 2.88 bits per heavy atom. The maximum Gasteiger partial charge on any atom is 0.341 e. The van der Waals surface area contributed by atoms with Crippen LogP contribution in [0.5, 0.6) is 5.75 Å². The molecule has 4 heteroatoms. The number of rotatable bonds is 5. The van der Waals surface area contributed by atoms with E-state index in [9.17, 15) is 9.90 Å². The van der Waals surface area contributed by atoms with Crippen LogP contribution in [-0.2, 0) is 4.74 Å². The first-order valence-corrected chi connectivity index (χ1v) is 5.80. The van der Waals surface area contributed by atoms with Crippen LogP contribution in [0.3, 0.4) is 0 Å². The van der Waals surface area contributed by atoms with Crippen LogP contribution in [0.1, 0.15) is 37.0 Å². The number of esters is 1. The number of anilines is 1. The molecular formula is C13H19NO3. The molecule has 0 amide bonds. The van der Waals surface area contributed by atoms with E-state index in [0.717, 1.165) is 12.8 Å². The molecule has 0 radical (unpaired) electrons. The Bertz CT molecular complexity index is 390. The van der Waals surface area contributed by atoms with Crippen molar-refractivity contribution < 1.29 is 14.6 Å². The van der Waals surface area contributed by atoms with Crippen LogP contribution in [-0.4, -0.2) is 17.7 Å². The molecule has 4 nitrogen and oxygen atoms in total. The summed E-state index contributed by atoms with van der Waals surface area (Å²) in [5, 5.41) is 9.52. The van der Waals surface area contributed by atoms with Crippen molar-refractivity contribution in [2.45, 2.75) is 26.7 Å². The summed E-state index contributed by atoms with van der Waals surface area (Å²) in [6, 6.07) is 4.34. The minimum atomic E-state index is -0.530. The number of phenolic OH excluding ortho intramolecular Hbond substituents is 1. The number of ether oxygens (including phenoxy) is 1. The zero-order valence-electron chi connectivity index (χ0n) is 10.3. The minimum absolute atomic E-state index is 0.104. The van der Waals surface area contributed by atoms with E-state index < -0.39 is 5.97 Å². The number of hydrogen-bond acceptors (Lipinski definition) is 4. The van der Waals surface area contributed by atoms with Crippen molar-refractivity contribution in [1.29, 1.82) is 0 Å². The first-order valence-electron chi connectivity index (χ1n) is 5.80. The molecule has 0 saturated heterocycles. The van der Waals surface area contributed by atoms with Crippen LogP contribution in [0.15, 0.2) is 18.2 Å². The van der Waals surface area contributed by atoms with Gasteiger partial charge in [-0.1, -0.05) is 20.3 Å². The highest BCUT2D eigenvalue weighted by Crippen LogP contribution is 2.21. The molecule has 0 spiro atoms. The highest BCUT2D eigenvalue weighted by atomic mass is 16.5. The number of nitrogen functional groups attached to an aromatic ring is 1. The Balaban J connectivity index is 2.61. The summed E-state index contributed by atoms with van der Waals surface area (Å²) in [6.45, 7) is 4.47. The Morgan fingerprint density at radius 2 is 2.24 bits per heavy atom. The average molecular weight is 237 g/mol. The van der Waals surface area contributed by atoms with Gasteiger partial charge in [0.05, 0.1) is 6.61 Å². The van der Waals surface area contributed by atoms with E-state index in [-0.39, 0.29) is 11.3 Å². The van der Waals surface area contributed by atoms with Gasteiger partial charge in [-0.2, -0.15) is 0 Å². The number of hydrogen-bond donors (Lipinski definition) is 2. The van der Waals surface area contributed by atoms with Crippen LogP contribution < -0.4 is 5.73 Å². The molecule has 0 aliphatic carbocycles.